The van der Waals surface area contributed by atoms with Gasteiger partial charge in [-0.25, -0.2) is 4.98 Å². The van der Waals surface area contributed by atoms with Gasteiger partial charge in [0.2, 0.25) is 5.91 Å². The van der Waals surface area contributed by atoms with Crippen LogP contribution in [0, 0.1) is 5.92 Å². The molecule has 2 amide bonds. The Morgan fingerprint density at radius 2 is 1.93 bits per heavy atom. The Kier molecular flexibility index (Phi) is 5.48. The molecule has 1 aliphatic heterocycles. The topological polar surface area (TPSA) is 65.5 Å². The zero-order chi connectivity index (χ0) is 19.5. The lowest BCUT2D eigenvalue weighted by molar-refractivity contribution is -0.132. The second-order valence-electron chi connectivity index (χ2n) is 7.31. The number of amides is 2. The molecule has 0 unspecified atom stereocenters. The normalized spacial score (nSPS) is 17.2. The number of rotatable bonds is 4. The van der Waals surface area contributed by atoms with E-state index < -0.39 is 0 Å². The van der Waals surface area contributed by atoms with E-state index in [1.165, 1.54) is 0 Å². The second-order valence-corrected chi connectivity index (χ2v) is 7.75. The first-order chi connectivity index (χ1) is 13.6. The molecule has 1 N–H and O–H groups in total. The monoisotopic (exact) mass is 398 g/mol. The minimum atomic E-state index is -0.224. The van der Waals surface area contributed by atoms with Gasteiger partial charge in [-0.2, -0.15) is 0 Å². The zero-order valence-corrected chi connectivity index (χ0v) is 16.4. The van der Waals surface area contributed by atoms with Gasteiger partial charge in [0.15, 0.2) is 0 Å². The molecular weight excluding hydrogens is 376 g/mol. The Morgan fingerprint density at radius 3 is 2.64 bits per heavy atom. The molecule has 4 rings (SSSR count). The summed E-state index contributed by atoms with van der Waals surface area (Å²) in [5, 5.41) is 3.39. The highest BCUT2D eigenvalue weighted by molar-refractivity contribution is 6.30. The van der Waals surface area contributed by atoms with E-state index in [2.05, 4.69) is 15.2 Å². The average molecular weight is 399 g/mol. The SMILES string of the molecule is O=C(Nc1cccc(Cl)c1)c1ccc(N2CCCN(C(=O)C3CC3)CC2)nc1. The molecule has 7 heteroatoms. The molecule has 2 heterocycles. The lowest BCUT2D eigenvalue weighted by Crippen LogP contribution is -2.36. The summed E-state index contributed by atoms with van der Waals surface area (Å²) in [5.74, 6) is 1.18. The molecule has 28 heavy (non-hydrogen) atoms. The Bertz CT molecular complexity index is 867. The third-order valence-electron chi connectivity index (χ3n) is 5.15. The van der Waals surface area contributed by atoms with Gasteiger partial charge in [0.1, 0.15) is 5.82 Å². The maximum absolute atomic E-state index is 12.4. The van der Waals surface area contributed by atoms with Crippen LogP contribution in [-0.4, -0.2) is 47.9 Å². The first kappa shape index (κ1) is 18.7. The number of hydrogen-bond donors (Lipinski definition) is 1. The maximum atomic E-state index is 12.4. The van der Waals surface area contributed by atoms with E-state index in [1.54, 1.807) is 36.5 Å². The van der Waals surface area contributed by atoms with Crippen LogP contribution in [0.2, 0.25) is 5.02 Å². The van der Waals surface area contributed by atoms with Gasteiger partial charge < -0.3 is 15.1 Å². The molecule has 1 aliphatic carbocycles. The van der Waals surface area contributed by atoms with Crippen molar-refractivity contribution in [1.29, 1.82) is 0 Å². The number of anilines is 2. The molecule has 2 aromatic rings. The van der Waals surface area contributed by atoms with E-state index in [0.717, 1.165) is 51.3 Å². The minimum Gasteiger partial charge on any atom is -0.355 e. The highest BCUT2D eigenvalue weighted by Crippen LogP contribution is 2.31. The number of nitrogens with zero attached hydrogens (tertiary/aromatic N) is 3. The summed E-state index contributed by atoms with van der Waals surface area (Å²) in [6.07, 6.45) is 4.60. The first-order valence-electron chi connectivity index (χ1n) is 9.67. The van der Waals surface area contributed by atoms with Crippen LogP contribution < -0.4 is 10.2 Å². The predicted octanol–water partition coefficient (Wildman–Crippen LogP) is 3.44. The third kappa shape index (κ3) is 4.44. The average Bonchev–Trinajstić information content (AvgIpc) is 3.54. The number of hydrogen-bond acceptors (Lipinski definition) is 4. The molecule has 2 fully saturated rings. The molecule has 1 saturated heterocycles. The van der Waals surface area contributed by atoms with Crippen LogP contribution in [0.15, 0.2) is 42.6 Å². The van der Waals surface area contributed by atoms with Gasteiger partial charge in [0.25, 0.3) is 5.91 Å². The van der Waals surface area contributed by atoms with Gasteiger partial charge in [-0.15, -0.1) is 0 Å². The van der Waals surface area contributed by atoms with Crippen molar-refractivity contribution in [3.8, 4) is 0 Å². The van der Waals surface area contributed by atoms with Crippen molar-refractivity contribution >= 4 is 34.9 Å². The van der Waals surface area contributed by atoms with Crippen LogP contribution in [0.1, 0.15) is 29.6 Å². The molecule has 2 aliphatic rings. The van der Waals surface area contributed by atoms with Crippen LogP contribution in [0.5, 0.6) is 0 Å². The van der Waals surface area contributed by atoms with Crippen molar-refractivity contribution in [3.63, 3.8) is 0 Å². The summed E-state index contributed by atoms with van der Waals surface area (Å²) in [4.78, 5) is 33.3. The third-order valence-corrected chi connectivity index (χ3v) is 5.39. The standard InChI is InChI=1S/C21H23ClN4O2/c22-17-3-1-4-18(13-17)24-20(27)16-7-8-19(23-14-16)25-9-2-10-26(12-11-25)21(28)15-5-6-15/h1,3-4,7-8,13-15H,2,5-6,9-12H2,(H,24,27). The van der Waals surface area contributed by atoms with Crippen LogP contribution in [0.4, 0.5) is 11.5 Å². The van der Waals surface area contributed by atoms with Gasteiger partial charge >= 0.3 is 0 Å². The van der Waals surface area contributed by atoms with Crippen molar-refractivity contribution in [2.24, 2.45) is 5.92 Å². The number of pyridine rings is 1. The largest absolute Gasteiger partial charge is 0.355 e. The molecule has 0 radical (unpaired) electrons. The van der Waals surface area contributed by atoms with Gasteiger partial charge in [-0.05, 0) is 49.6 Å². The van der Waals surface area contributed by atoms with Crippen LogP contribution >= 0.6 is 11.6 Å². The predicted molar refractivity (Wildman–Crippen MR) is 110 cm³/mol. The van der Waals surface area contributed by atoms with Crippen molar-refractivity contribution in [2.75, 3.05) is 36.4 Å². The lowest BCUT2D eigenvalue weighted by atomic mass is 10.2. The Morgan fingerprint density at radius 1 is 1.07 bits per heavy atom. The second kappa shape index (κ2) is 8.19. The Hall–Kier alpha value is -2.60. The number of benzene rings is 1. The van der Waals surface area contributed by atoms with E-state index in [9.17, 15) is 9.59 Å². The molecule has 1 saturated carbocycles. The first-order valence-corrected chi connectivity index (χ1v) is 10.0. The van der Waals surface area contributed by atoms with E-state index in [1.807, 2.05) is 11.0 Å². The molecule has 1 aromatic heterocycles. The summed E-state index contributed by atoms with van der Waals surface area (Å²) in [7, 11) is 0. The fraction of sp³-hybridized carbons (Fsp3) is 0.381. The molecular formula is C21H23ClN4O2. The molecule has 0 spiro atoms. The van der Waals surface area contributed by atoms with Crippen molar-refractivity contribution in [3.05, 3.63) is 53.2 Å². The summed E-state index contributed by atoms with van der Waals surface area (Å²) in [5.41, 5.74) is 1.14. The maximum Gasteiger partial charge on any atom is 0.257 e. The summed E-state index contributed by atoms with van der Waals surface area (Å²) in [6.45, 7) is 3.16. The highest BCUT2D eigenvalue weighted by atomic mass is 35.5. The molecule has 6 nitrogen and oxygen atoms in total. The lowest BCUT2D eigenvalue weighted by Gasteiger charge is -2.23. The summed E-state index contributed by atoms with van der Waals surface area (Å²) >= 11 is 5.95. The molecule has 1 aromatic carbocycles. The van der Waals surface area contributed by atoms with Crippen molar-refractivity contribution in [2.45, 2.75) is 19.3 Å². The van der Waals surface area contributed by atoms with Gasteiger partial charge in [0, 0.05) is 49.0 Å². The van der Waals surface area contributed by atoms with Crippen LogP contribution in [-0.2, 0) is 4.79 Å². The molecule has 0 bridgehead atoms. The van der Waals surface area contributed by atoms with Crippen molar-refractivity contribution in [1.82, 2.24) is 9.88 Å². The van der Waals surface area contributed by atoms with Gasteiger partial charge in [-0.3, -0.25) is 9.59 Å². The summed E-state index contributed by atoms with van der Waals surface area (Å²) < 4.78 is 0. The number of carbonyl (C=O) groups is 2. The van der Waals surface area contributed by atoms with Gasteiger partial charge in [-0.1, -0.05) is 17.7 Å². The highest BCUT2D eigenvalue weighted by Gasteiger charge is 2.34. The molecule has 0 atom stereocenters. The summed E-state index contributed by atoms with van der Waals surface area (Å²) in [6, 6.07) is 10.7. The van der Waals surface area contributed by atoms with Crippen LogP contribution in [0.3, 0.4) is 0 Å². The number of carbonyl (C=O) groups excluding carboxylic acids is 2. The number of nitrogens with one attached hydrogen (secondary N) is 1. The Labute approximate surface area is 169 Å². The fourth-order valence-corrected chi connectivity index (χ4v) is 3.62. The quantitative estimate of drug-likeness (QED) is 0.856. The van der Waals surface area contributed by atoms with Gasteiger partial charge in [0.05, 0.1) is 5.56 Å². The fourth-order valence-electron chi connectivity index (χ4n) is 3.43. The van der Waals surface area contributed by atoms with Crippen LogP contribution in [0.25, 0.3) is 0 Å². The number of halogens is 1. The minimum absolute atomic E-state index is 0.224. The van der Waals surface area contributed by atoms with E-state index in [4.69, 9.17) is 11.6 Å². The molecule has 146 valence electrons. The van der Waals surface area contributed by atoms with E-state index in [0.29, 0.717) is 22.2 Å². The van der Waals surface area contributed by atoms with E-state index in [-0.39, 0.29) is 11.8 Å². The number of aromatic nitrogens is 1. The smallest absolute Gasteiger partial charge is 0.257 e. The van der Waals surface area contributed by atoms with Crippen molar-refractivity contribution < 1.29 is 9.59 Å². The van der Waals surface area contributed by atoms with E-state index >= 15 is 0 Å². The Balaban J connectivity index is 1.37. The zero-order valence-electron chi connectivity index (χ0n) is 15.6.